The third kappa shape index (κ3) is 5.45. The quantitative estimate of drug-likeness (QED) is 0.467. The molecule has 1 saturated heterocycles. The number of nitrogens with one attached hydrogen (secondary N) is 3. The van der Waals surface area contributed by atoms with Crippen molar-refractivity contribution in [1.82, 2.24) is 25.6 Å². The number of esters is 1. The van der Waals surface area contributed by atoms with E-state index in [4.69, 9.17) is 21.1 Å². The van der Waals surface area contributed by atoms with Crippen molar-refractivity contribution >= 4 is 45.9 Å². The Kier molecular flexibility index (Phi) is 8.27. The van der Waals surface area contributed by atoms with Crippen LogP contribution in [0.4, 0.5) is 5.13 Å². The minimum Gasteiger partial charge on any atom is -0.462 e. The van der Waals surface area contributed by atoms with Crippen LogP contribution in [0.5, 0.6) is 0 Å². The highest BCUT2D eigenvalue weighted by Crippen LogP contribution is 2.30. The number of imidazole rings is 1. The van der Waals surface area contributed by atoms with Gasteiger partial charge >= 0.3 is 5.97 Å². The first kappa shape index (κ1) is 24.9. The van der Waals surface area contributed by atoms with Crippen LogP contribution >= 0.6 is 22.9 Å². The Hall–Kier alpha value is -2.70. The van der Waals surface area contributed by atoms with Crippen molar-refractivity contribution in [3.63, 3.8) is 0 Å². The number of ether oxygens (including phenoxy) is 2. The molecule has 0 aromatic carbocycles. The number of piperidine rings is 1. The van der Waals surface area contributed by atoms with Crippen LogP contribution in [0, 0.1) is 0 Å². The van der Waals surface area contributed by atoms with Crippen molar-refractivity contribution in [3.8, 4) is 0 Å². The van der Waals surface area contributed by atoms with Crippen LogP contribution in [0.3, 0.4) is 0 Å². The lowest BCUT2D eigenvalue weighted by Gasteiger charge is -2.37. The zero-order valence-electron chi connectivity index (χ0n) is 18.9. The van der Waals surface area contributed by atoms with Gasteiger partial charge in [-0.25, -0.2) is 14.8 Å². The summed E-state index contributed by atoms with van der Waals surface area (Å²) in [5.74, 6) is -1.26. The lowest BCUT2D eigenvalue weighted by atomic mass is 10.0. The fourth-order valence-corrected chi connectivity index (χ4v) is 4.77. The molecule has 33 heavy (non-hydrogen) atoms. The largest absolute Gasteiger partial charge is 0.462 e. The summed E-state index contributed by atoms with van der Waals surface area (Å²) in [6.45, 7) is 4.74. The van der Waals surface area contributed by atoms with Crippen LogP contribution in [-0.2, 0) is 15.9 Å². The number of carbonyl (C=O) groups is 3. The summed E-state index contributed by atoms with van der Waals surface area (Å²) >= 11 is 7.14. The number of anilines is 1. The molecular weight excluding hydrogens is 472 g/mol. The predicted molar refractivity (Wildman–Crippen MR) is 123 cm³/mol. The molecule has 180 valence electrons. The minimum atomic E-state index is -0.589. The third-order valence-electron chi connectivity index (χ3n) is 5.26. The molecule has 2 aromatic rings. The van der Waals surface area contributed by atoms with Crippen LogP contribution in [0.1, 0.15) is 56.7 Å². The van der Waals surface area contributed by atoms with E-state index in [0.29, 0.717) is 36.8 Å². The number of rotatable bonds is 8. The van der Waals surface area contributed by atoms with E-state index in [1.807, 2.05) is 11.8 Å². The van der Waals surface area contributed by atoms with Gasteiger partial charge in [0.2, 0.25) is 0 Å². The lowest BCUT2D eigenvalue weighted by Crippen LogP contribution is -2.55. The van der Waals surface area contributed by atoms with Gasteiger partial charge in [0.1, 0.15) is 4.88 Å². The van der Waals surface area contributed by atoms with Crippen molar-refractivity contribution in [2.24, 2.45) is 0 Å². The maximum atomic E-state index is 12.7. The molecule has 0 aliphatic carbocycles. The normalized spacial score (nSPS) is 18.2. The zero-order chi connectivity index (χ0) is 24.1. The maximum Gasteiger partial charge on any atom is 0.350 e. The highest BCUT2D eigenvalue weighted by Gasteiger charge is 2.34. The Labute approximate surface area is 200 Å². The smallest absolute Gasteiger partial charge is 0.350 e. The van der Waals surface area contributed by atoms with E-state index in [2.05, 4.69) is 25.6 Å². The number of carbonyl (C=O) groups excluding carboxylic acids is 3. The molecule has 3 rings (SSSR count). The van der Waals surface area contributed by atoms with Gasteiger partial charge in [-0.2, -0.15) is 0 Å². The summed E-state index contributed by atoms with van der Waals surface area (Å²) in [5, 5.41) is 6.25. The van der Waals surface area contributed by atoms with Gasteiger partial charge in [-0.3, -0.25) is 9.59 Å². The Morgan fingerprint density at radius 1 is 1.27 bits per heavy atom. The van der Waals surface area contributed by atoms with E-state index < -0.39 is 11.9 Å². The average molecular weight is 499 g/mol. The van der Waals surface area contributed by atoms with Gasteiger partial charge in [0.15, 0.2) is 21.8 Å². The van der Waals surface area contributed by atoms with Crippen LogP contribution < -0.4 is 15.5 Å². The summed E-state index contributed by atoms with van der Waals surface area (Å²) in [4.78, 5) is 50.7. The van der Waals surface area contributed by atoms with Gasteiger partial charge in [0, 0.05) is 27.2 Å². The molecule has 2 aromatic heterocycles. The Bertz CT molecular complexity index is 1020. The second kappa shape index (κ2) is 10.9. The van der Waals surface area contributed by atoms with Crippen LogP contribution in [0.15, 0.2) is 0 Å². The molecule has 0 bridgehead atoms. The topological polar surface area (TPSA) is 139 Å². The molecule has 1 aliphatic rings. The fraction of sp³-hybridized carbons (Fsp3) is 0.550. The molecule has 1 fully saturated rings. The molecule has 3 N–H and O–H groups in total. The van der Waals surface area contributed by atoms with Crippen molar-refractivity contribution in [3.05, 3.63) is 27.2 Å². The van der Waals surface area contributed by atoms with Gasteiger partial charge in [-0.05, 0) is 19.8 Å². The Morgan fingerprint density at radius 2 is 2.03 bits per heavy atom. The number of hydrogen-bond donors (Lipinski definition) is 3. The Morgan fingerprint density at radius 3 is 2.64 bits per heavy atom. The molecule has 13 heteroatoms. The molecule has 0 saturated carbocycles. The maximum absolute atomic E-state index is 12.7. The second-order valence-electron chi connectivity index (χ2n) is 7.27. The average Bonchev–Trinajstić information content (AvgIpc) is 3.43. The first-order chi connectivity index (χ1) is 15.8. The third-order valence-corrected chi connectivity index (χ3v) is 6.67. The number of methoxy groups -OCH3 is 1. The van der Waals surface area contributed by atoms with E-state index in [-0.39, 0.29) is 46.2 Å². The van der Waals surface area contributed by atoms with E-state index in [0.717, 1.165) is 11.3 Å². The molecule has 3 heterocycles. The number of H-pyrrole nitrogens is 1. The van der Waals surface area contributed by atoms with Crippen molar-refractivity contribution in [1.29, 1.82) is 0 Å². The zero-order valence-corrected chi connectivity index (χ0v) is 20.4. The van der Waals surface area contributed by atoms with Crippen molar-refractivity contribution < 1.29 is 23.9 Å². The molecule has 2 atom stereocenters. The number of nitrogens with zero attached hydrogens (tertiary/aromatic N) is 3. The molecule has 2 amide bonds. The van der Waals surface area contributed by atoms with Crippen LogP contribution in [0.2, 0.25) is 5.15 Å². The summed E-state index contributed by atoms with van der Waals surface area (Å²) in [6, 6.07) is -0.268. The summed E-state index contributed by atoms with van der Waals surface area (Å²) in [6.07, 6.45) is 0.845. The first-order valence-electron chi connectivity index (χ1n) is 10.6. The number of halogens is 1. The van der Waals surface area contributed by atoms with E-state index in [1.165, 1.54) is 7.05 Å². The number of aromatic amines is 1. The minimum absolute atomic E-state index is 0.0294. The summed E-state index contributed by atoms with van der Waals surface area (Å²) in [7, 11) is 3.04. The Balaban J connectivity index is 1.74. The number of amides is 2. The monoisotopic (exact) mass is 498 g/mol. The van der Waals surface area contributed by atoms with E-state index in [9.17, 15) is 14.4 Å². The SMILES string of the molecule is CCOC(=O)c1sc(N2CC[C@@H](NC(=O)c3nc(Cl)c(CC)[nH]3)[C@@H](OC)C2)nc1C(=O)NC. The number of thiazole rings is 1. The number of hydrogen-bond acceptors (Lipinski definition) is 9. The highest BCUT2D eigenvalue weighted by atomic mass is 35.5. The van der Waals surface area contributed by atoms with E-state index >= 15 is 0 Å². The van der Waals surface area contributed by atoms with E-state index in [1.54, 1.807) is 14.0 Å². The number of aryl methyl sites for hydroxylation is 1. The fourth-order valence-electron chi connectivity index (χ4n) is 3.51. The molecule has 0 unspecified atom stereocenters. The molecule has 0 spiro atoms. The van der Waals surface area contributed by atoms with Gasteiger partial charge in [0.25, 0.3) is 11.8 Å². The molecule has 0 radical (unpaired) electrons. The van der Waals surface area contributed by atoms with Gasteiger partial charge in [-0.1, -0.05) is 29.9 Å². The molecule has 1 aliphatic heterocycles. The first-order valence-corrected chi connectivity index (χ1v) is 11.7. The van der Waals surface area contributed by atoms with Gasteiger partial charge in [0.05, 0.1) is 24.4 Å². The summed E-state index contributed by atoms with van der Waals surface area (Å²) < 4.78 is 10.7. The van der Waals surface area contributed by atoms with Crippen molar-refractivity contribution in [2.75, 3.05) is 38.8 Å². The summed E-state index contributed by atoms with van der Waals surface area (Å²) in [5.41, 5.74) is 0.731. The van der Waals surface area contributed by atoms with Crippen LogP contribution in [0.25, 0.3) is 0 Å². The highest BCUT2D eigenvalue weighted by molar-refractivity contribution is 7.17. The van der Waals surface area contributed by atoms with Crippen molar-refractivity contribution in [2.45, 2.75) is 38.8 Å². The van der Waals surface area contributed by atoms with Gasteiger partial charge in [-0.15, -0.1) is 0 Å². The molecule has 11 nitrogen and oxygen atoms in total. The molecular formula is C20H27ClN6O5S. The van der Waals surface area contributed by atoms with Gasteiger partial charge < -0.3 is 30.0 Å². The lowest BCUT2D eigenvalue weighted by molar-refractivity contribution is 0.0527. The van der Waals surface area contributed by atoms with Crippen LogP contribution in [-0.4, -0.2) is 78.7 Å². The standard InChI is InChI=1S/C20H27ClN6O5S/c1-5-10-15(21)26-16(23-10)18(29)24-11-7-8-27(9-12(11)31-4)20-25-13(17(28)22-3)14(33-20)19(30)32-6-2/h11-12H,5-9H2,1-4H3,(H,22,28)(H,23,26)(H,24,29)/t11-,12+/m1/s1. The second-order valence-corrected chi connectivity index (χ2v) is 8.61. The number of aromatic nitrogens is 3. The predicted octanol–water partition coefficient (Wildman–Crippen LogP) is 1.64.